The lowest BCUT2D eigenvalue weighted by Crippen LogP contribution is -2.39. The van der Waals surface area contributed by atoms with Crippen LogP contribution in [0.4, 0.5) is 0 Å². The maximum atomic E-state index is 12.3. The minimum absolute atomic E-state index is 0.00989. The van der Waals surface area contributed by atoms with Crippen LogP contribution in [0.1, 0.15) is 64.2 Å². The van der Waals surface area contributed by atoms with Gasteiger partial charge in [-0.2, -0.15) is 0 Å². The van der Waals surface area contributed by atoms with E-state index in [1.165, 1.54) is 0 Å². The monoisotopic (exact) mass is 404 g/mol. The molecule has 146 valence electrons. The number of unbranched alkanes of at least 4 members (excludes halogenated alkanes) is 1. The summed E-state index contributed by atoms with van der Waals surface area (Å²) in [6, 6.07) is -0.937. The molecule has 2 saturated heterocycles. The molecule has 0 aromatic heterocycles. The van der Waals surface area contributed by atoms with Crippen LogP contribution in [0.5, 0.6) is 0 Å². The number of hydrogen-bond acceptors (Lipinski definition) is 4. The van der Waals surface area contributed by atoms with Crippen molar-refractivity contribution in [3.63, 3.8) is 0 Å². The van der Waals surface area contributed by atoms with Crippen LogP contribution in [-0.2, 0) is 19.2 Å². The van der Waals surface area contributed by atoms with Crippen molar-refractivity contribution in [2.45, 2.75) is 87.0 Å². The molecule has 0 spiro atoms. The van der Waals surface area contributed by atoms with Gasteiger partial charge in [-0.05, 0) is 38.5 Å². The Labute approximate surface area is 163 Å². The first-order valence-electron chi connectivity index (χ1n) is 9.27. The second-order valence-electron chi connectivity index (χ2n) is 7.14. The molecule has 2 heterocycles. The van der Waals surface area contributed by atoms with Crippen molar-refractivity contribution in [2.24, 2.45) is 0 Å². The van der Waals surface area contributed by atoms with E-state index >= 15 is 0 Å². The maximum absolute atomic E-state index is 12.3. The third-order valence-electron chi connectivity index (χ3n) is 4.90. The van der Waals surface area contributed by atoms with Crippen LogP contribution in [0.25, 0.3) is 0 Å². The molecule has 2 aliphatic heterocycles. The van der Waals surface area contributed by atoms with Crippen LogP contribution in [0, 0.1) is 0 Å². The molecule has 4 unspecified atom stereocenters. The summed E-state index contributed by atoms with van der Waals surface area (Å²) in [6.07, 6.45) is 4.71. The zero-order chi connectivity index (χ0) is 19.1. The number of rotatable bonds is 7. The van der Waals surface area contributed by atoms with Gasteiger partial charge >= 0.3 is 0 Å². The fourth-order valence-electron chi connectivity index (χ4n) is 3.38. The average molecular weight is 405 g/mol. The Kier molecular flexibility index (Phi) is 8.35. The highest BCUT2D eigenvalue weighted by Gasteiger charge is 2.28. The van der Waals surface area contributed by atoms with Gasteiger partial charge in [-0.15, -0.1) is 23.2 Å². The number of carbonyl (C=O) groups excluding carboxylic acids is 4. The first-order valence-corrected chi connectivity index (χ1v) is 10.1. The molecule has 6 nitrogen and oxygen atoms in total. The summed E-state index contributed by atoms with van der Waals surface area (Å²) in [7, 11) is 0. The standard InChI is InChI=1S/C18H26Cl2N2O4/c19-11-5-7-13(21-17(25)9-11)15(23)3-1-2-4-16(24)14-8-6-12(20)10-18(26)22-14/h11-14H,1-10H2,(H,21,25)(H,22,26). The van der Waals surface area contributed by atoms with Crippen molar-refractivity contribution in [1.29, 1.82) is 0 Å². The van der Waals surface area contributed by atoms with Gasteiger partial charge in [0.2, 0.25) is 11.8 Å². The van der Waals surface area contributed by atoms with Crippen molar-refractivity contribution in [1.82, 2.24) is 10.6 Å². The molecular formula is C18H26Cl2N2O4. The quantitative estimate of drug-likeness (QED) is 0.502. The van der Waals surface area contributed by atoms with Gasteiger partial charge in [0.05, 0.1) is 12.1 Å². The molecule has 2 rings (SSSR count). The van der Waals surface area contributed by atoms with Gasteiger partial charge in [0.25, 0.3) is 0 Å². The number of carbonyl (C=O) groups is 4. The van der Waals surface area contributed by atoms with Gasteiger partial charge in [-0.25, -0.2) is 0 Å². The Hall–Kier alpha value is -1.14. The number of hydrogen-bond donors (Lipinski definition) is 2. The van der Waals surface area contributed by atoms with Crippen molar-refractivity contribution in [3.05, 3.63) is 0 Å². The Balaban J connectivity index is 1.69. The Bertz CT molecular complexity index is 507. The van der Waals surface area contributed by atoms with Crippen LogP contribution < -0.4 is 10.6 Å². The molecule has 2 fully saturated rings. The summed E-state index contributed by atoms with van der Waals surface area (Å²) in [5.41, 5.74) is 0. The van der Waals surface area contributed by atoms with E-state index in [2.05, 4.69) is 10.6 Å². The molecule has 0 aromatic rings. The first kappa shape index (κ1) is 21.2. The molecule has 0 bridgehead atoms. The van der Waals surface area contributed by atoms with Crippen LogP contribution in [0.2, 0.25) is 0 Å². The summed E-state index contributed by atoms with van der Waals surface area (Å²) >= 11 is 12.0. The Morgan fingerprint density at radius 1 is 0.769 bits per heavy atom. The van der Waals surface area contributed by atoms with E-state index in [1.807, 2.05) is 0 Å². The molecular weight excluding hydrogens is 379 g/mol. The summed E-state index contributed by atoms with van der Waals surface area (Å²) < 4.78 is 0. The highest BCUT2D eigenvalue weighted by molar-refractivity contribution is 6.22. The summed E-state index contributed by atoms with van der Waals surface area (Å²) in [5, 5.41) is 5.02. The third kappa shape index (κ3) is 6.88. The molecule has 26 heavy (non-hydrogen) atoms. The fourth-order valence-corrected chi connectivity index (χ4v) is 3.91. The second kappa shape index (κ2) is 10.3. The van der Waals surface area contributed by atoms with E-state index in [9.17, 15) is 19.2 Å². The number of ketones is 2. The predicted octanol–water partition coefficient (Wildman–Crippen LogP) is 2.24. The molecule has 0 aliphatic carbocycles. The summed E-state index contributed by atoms with van der Waals surface area (Å²) in [4.78, 5) is 47.8. The lowest BCUT2D eigenvalue weighted by atomic mass is 9.98. The number of alkyl halides is 2. The van der Waals surface area contributed by atoms with Crippen molar-refractivity contribution in [3.8, 4) is 0 Å². The Morgan fingerprint density at radius 2 is 1.15 bits per heavy atom. The van der Waals surface area contributed by atoms with Crippen molar-refractivity contribution >= 4 is 46.6 Å². The van der Waals surface area contributed by atoms with E-state index in [4.69, 9.17) is 23.2 Å². The number of halogens is 2. The fraction of sp³-hybridized carbons (Fsp3) is 0.778. The molecule has 4 atom stereocenters. The average Bonchev–Trinajstić information content (AvgIpc) is 2.85. The third-order valence-corrected chi connectivity index (χ3v) is 5.64. The van der Waals surface area contributed by atoms with E-state index < -0.39 is 12.1 Å². The molecule has 2 aliphatic rings. The van der Waals surface area contributed by atoms with Crippen LogP contribution >= 0.6 is 23.2 Å². The van der Waals surface area contributed by atoms with Crippen molar-refractivity contribution in [2.75, 3.05) is 0 Å². The number of amides is 2. The number of nitrogens with one attached hydrogen (secondary N) is 2. The van der Waals surface area contributed by atoms with E-state index in [0.717, 1.165) is 0 Å². The summed E-state index contributed by atoms with van der Waals surface area (Å²) in [6.45, 7) is 0. The molecule has 2 N–H and O–H groups in total. The van der Waals surface area contributed by atoms with Gasteiger partial charge in [-0.3, -0.25) is 19.2 Å². The van der Waals surface area contributed by atoms with Crippen molar-refractivity contribution < 1.29 is 19.2 Å². The zero-order valence-corrected chi connectivity index (χ0v) is 16.3. The highest BCUT2D eigenvalue weighted by atomic mass is 35.5. The smallest absolute Gasteiger partial charge is 0.222 e. The number of Topliss-reactive ketones (excluding diaryl/α,β-unsaturated/α-hetero) is 2. The minimum atomic E-state index is -0.469. The zero-order valence-electron chi connectivity index (χ0n) is 14.8. The second-order valence-corrected chi connectivity index (χ2v) is 8.37. The van der Waals surface area contributed by atoms with Crippen LogP contribution in [0.15, 0.2) is 0 Å². The van der Waals surface area contributed by atoms with E-state index in [1.54, 1.807) is 0 Å². The predicted molar refractivity (Wildman–Crippen MR) is 99.3 cm³/mol. The topological polar surface area (TPSA) is 92.3 Å². The van der Waals surface area contributed by atoms with E-state index in [0.29, 0.717) is 51.4 Å². The lowest BCUT2D eigenvalue weighted by Gasteiger charge is -2.15. The minimum Gasteiger partial charge on any atom is -0.346 e. The Morgan fingerprint density at radius 3 is 1.54 bits per heavy atom. The molecule has 2 amide bonds. The first-order chi connectivity index (χ1) is 12.3. The van der Waals surface area contributed by atoms with Gasteiger partial charge in [0, 0.05) is 36.4 Å². The largest absolute Gasteiger partial charge is 0.346 e. The molecule has 0 aromatic carbocycles. The highest BCUT2D eigenvalue weighted by Crippen LogP contribution is 2.19. The van der Waals surface area contributed by atoms with Gasteiger partial charge in [0.15, 0.2) is 11.6 Å². The van der Waals surface area contributed by atoms with Gasteiger partial charge in [-0.1, -0.05) is 0 Å². The molecule has 8 heteroatoms. The molecule has 0 saturated carbocycles. The van der Waals surface area contributed by atoms with Gasteiger partial charge < -0.3 is 10.6 Å². The van der Waals surface area contributed by atoms with Crippen LogP contribution in [-0.4, -0.2) is 46.2 Å². The molecule has 0 radical (unpaired) electrons. The normalized spacial score (nSPS) is 29.9. The maximum Gasteiger partial charge on any atom is 0.222 e. The van der Waals surface area contributed by atoms with Crippen LogP contribution in [0.3, 0.4) is 0 Å². The van der Waals surface area contributed by atoms with E-state index in [-0.39, 0.29) is 47.0 Å². The lowest BCUT2D eigenvalue weighted by molar-refractivity contribution is -0.127. The summed E-state index contributed by atoms with van der Waals surface area (Å²) in [5.74, 6) is -0.385. The van der Waals surface area contributed by atoms with Gasteiger partial charge in [0.1, 0.15) is 0 Å². The SMILES string of the molecule is O=C1CC(Cl)CCC(C(=O)CCCCC(=O)C2CCC(Cl)CC(=O)N2)N1.